The summed E-state index contributed by atoms with van der Waals surface area (Å²) in [7, 11) is 0. The van der Waals surface area contributed by atoms with Gasteiger partial charge in [-0.15, -0.1) is 0 Å². The van der Waals surface area contributed by atoms with Crippen LogP contribution in [-0.4, -0.2) is 25.3 Å². The molecule has 0 amide bonds. The summed E-state index contributed by atoms with van der Waals surface area (Å²) >= 11 is 0. The highest BCUT2D eigenvalue weighted by Crippen LogP contribution is 2.39. The number of rotatable bonds is 1. The zero-order valence-electron chi connectivity index (χ0n) is 6.41. The topological polar surface area (TPSA) is 35.5 Å². The number of carbonyl (C=O) groups excluding carboxylic acids is 1. The molecule has 2 fully saturated rings. The molecular weight excluding hydrogens is 144 g/mol. The van der Waals surface area contributed by atoms with E-state index in [1.165, 1.54) is 0 Å². The number of carbonyl (C=O) groups is 1. The van der Waals surface area contributed by atoms with Crippen molar-refractivity contribution < 1.29 is 14.3 Å². The molecule has 0 aromatic heterocycles. The molecule has 1 saturated carbocycles. The molecule has 0 unspecified atom stereocenters. The van der Waals surface area contributed by atoms with Gasteiger partial charge in [-0.25, -0.2) is 0 Å². The molecule has 1 aliphatic heterocycles. The average molecular weight is 156 g/mol. The average Bonchev–Trinajstić information content (AvgIpc) is 2.62. The van der Waals surface area contributed by atoms with Gasteiger partial charge in [0.1, 0.15) is 6.29 Å². The minimum absolute atomic E-state index is 0.160. The first-order chi connectivity index (χ1) is 5.35. The van der Waals surface area contributed by atoms with Crippen LogP contribution in [0.5, 0.6) is 0 Å². The molecule has 11 heavy (non-hydrogen) atoms. The molecule has 3 heteroatoms. The van der Waals surface area contributed by atoms with Gasteiger partial charge in [-0.05, 0) is 6.42 Å². The van der Waals surface area contributed by atoms with Crippen LogP contribution in [0.4, 0.5) is 0 Å². The van der Waals surface area contributed by atoms with E-state index in [9.17, 15) is 4.79 Å². The van der Waals surface area contributed by atoms with Crippen molar-refractivity contribution in [3.63, 3.8) is 0 Å². The van der Waals surface area contributed by atoms with Crippen molar-refractivity contribution in [2.75, 3.05) is 13.2 Å². The molecular formula is C8H12O3. The summed E-state index contributed by atoms with van der Waals surface area (Å²) in [5.74, 6) is -0.209. The summed E-state index contributed by atoms with van der Waals surface area (Å²) in [6.45, 7) is 1.37. The minimum Gasteiger partial charge on any atom is -0.348 e. The van der Waals surface area contributed by atoms with Crippen molar-refractivity contribution in [2.45, 2.75) is 25.0 Å². The molecule has 0 aromatic rings. The summed E-state index contributed by atoms with van der Waals surface area (Å²) in [4.78, 5) is 10.4. The lowest BCUT2D eigenvalue weighted by molar-refractivity contribution is -0.153. The fourth-order valence-corrected chi connectivity index (χ4v) is 1.88. The fourth-order valence-electron chi connectivity index (χ4n) is 1.88. The molecule has 2 rings (SSSR count). The first-order valence-corrected chi connectivity index (χ1v) is 4.08. The summed E-state index contributed by atoms with van der Waals surface area (Å²) in [5.41, 5.74) is 0. The van der Waals surface area contributed by atoms with Crippen LogP contribution >= 0.6 is 0 Å². The summed E-state index contributed by atoms with van der Waals surface area (Å²) in [5, 5.41) is 0. The van der Waals surface area contributed by atoms with E-state index >= 15 is 0 Å². The molecule has 3 nitrogen and oxygen atoms in total. The lowest BCUT2D eigenvalue weighted by Gasteiger charge is -2.20. The quantitative estimate of drug-likeness (QED) is 0.525. The summed E-state index contributed by atoms with van der Waals surface area (Å²) < 4.78 is 10.9. The number of hydrogen-bond donors (Lipinski definition) is 0. The van der Waals surface area contributed by atoms with Crippen LogP contribution in [0.3, 0.4) is 0 Å². The maximum Gasteiger partial charge on any atom is 0.169 e. The lowest BCUT2D eigenvalue weighted by atomic mass is 10.1. The second kappa shape index (κ2) is 2.57. The third-order valence-electron chi connectivity index (χ3n) is 2.48. The first-order valence-electron chi connectivity index (χ1n) is 4.08. The smallest absolute Gasteiger partial charge is 0.169 e. The Morgan fingerprint density at radius 2 is 2.09 bits per heavy atom. The number of ether oxygens (including phenoxy) is 2. The van der Waals surface area contributed by atoms with Gasteiger partial charge >= 0.3 is 0 Å². The van der Waals surface area contributed by atoms with E-state index in [0.717, 1.165) is 25.5 Å². The number of aldehydes is 1. The Morgan fingerprint density at radius 1 is 1.36 bits per heavy atom. The highest BCUT2D eigenvalue weighted by Gasteiger charge is 2.43. The van der Waals surface area contributed by atoms with Gasteiger partial charge in [0.05, 0.1) is 13.2 Å². The van der Waals surface area contributed by atoms with Crippen molar-refractivity contribution in [1.82, 2.24) is 0 Å². The van der Waals surface area contributed by atoms with Gasteiger partial charge in [0, 0.05) is 18.8 Å². The second-order valence-electron chi connectivity index (χ2n) is 3.25. The Morgan fingerprint density at radius 3 is 2.64 bits per heavy atom. The van der Waals surface area contributed by atoms with Crippen molar-refractivity contribution in [3.8, 4) is 0 Å². The zero-order chi connectivity index (χ0) is 7.73. The highest BCUT2D eigenvalue weighted by atomic mass is 16.7. The van der Waals surface area contributed by atoms with Crippen LogP contribution in [-0.2, 0) is 14.3 Å². The summed E-state index contributed by atoms with van der Waals surface area (Å²) in [6, 6.07) is 0. The predicted molar refractivity (Wildman–Crippen MR) is 38.0 cm³/mol. The van der Waals surface area contributed by atoms with Crippen LogP contribution < -0.4 is 0 Å². The fraction of sp³-hybridized carbons (Fsp3) is 0.875. The SMILES string of the molecule is O=C[C@H]1CCC2(C1)OCCO2. The predicted octanol–water partition coefficient (Wildman–Crippen LogP) is 0.728. The monoisotopic (exact) mass is 156 g/mol. The maximum atomic E-state index is 10.4. The van der Waals surface area contributed by atoms with Crippen molar-refractivity contribution in [1.29, 1.82) is 0 Å². The van der Waals surface area contributed by atoms with Crippen LogP contribution in [0, 0.1) is 5.92 Å². The molecule has 1 heterocycles. The van der Waals surface area contributed by atoms with E-state index in [4.69, 9.17) is 9.47 Å². The van der Waals surface area contributed by atoms with E-state index < -0.39 is 0 Å². The molecule has 1 atom stereocenters. The summed E-state index contributed by atoms with van der Waals surface area (Å²) in [6.07, 6.45) is 3.58. The molecule has 62 valence electrons. The first kappa shape index (κ1) is 7.25. The maximum absolute atomic E-state index is 10.4. The van der Waals surface area contributed by atoms with Gasteiger partial charge in [0.15, 0.2) is 5.79 Å². The van der Waals surface area contributed by atoms with Crippen LogP contribution in [0.1, 0.15) is 19.3 Å². The Hall–Kier alpha value is -0.410. The molecule has 0 bridgehead atoms. The molecule has 1 aliphatic carbocycles. The van der Waals surface area contributed by atoms with Gasteiger partial charge in [-0.2, -0.15) is 0 Å². The Labute approximate surface area is 65.7 Å². The van der Waals surface area contributed by atoms with Crippen LogP contribution in [0.25, 0.3) is 0 Å². The van der Waals surface area contributed by atoms with E-state index in [1.54, 1.807) is 0 Å². The Bertz CT molecular complexity index is 161. The van der Waals surface area contributed by atoms with Crippen molar-refractivity contribution in [3.05, 3.63) is 0 Å². The Kier molecular flexibility index (Phi) is 1.69. The molecule has 0 radical (unpaired) electrons. The molecule has 0 N–H and O–H groups in total. The zero-order valence-corrected chi connectivity index (χ0v) is 6.41. The van der Waals surface area contributed by atoms with E-state index in [1.807, 2.05) is 0 Å². The third-order valence-corrected chi connectivity index (χ3v) is 2.48. The number of hydrogen-bond acceptors (Lipinski definition) is 3. The molecule has 1 saturated heterocycles. The van der Waals surface area contributed by atoms with Crippen LogP contribution in [0.15, 0.2) is 0 Å². The molecule has 1 spiro atoms. The van der Waals surface area contributed by atoms with E-state index in [0.29, 0.717) is 13.2 Å². The largest absolute Gasteiger partial charge is 0.348 e. The third kappa shape index (κ3) is 1.19. The lowest BCUT2D eigenvalue weighted by Crippen LogP contribution is -2.26. The molecule has 2 aliphatic rings. The van der Waals surface area contributed by atoms with Gasteiger partial charge in [-0.3, -0.25) is 0 Å². The van der Waals surface area contributed by atoms with Crippen LogP contribution in [0.2, 0.25) is 0 Å². The van der Waals surface area contributed by atoms with E-state index in [-0.39, 0.29) is 11.7 Å². The van der Waals surface area contributed by atoms with Crippen molar-refractivity contribution >= 4 is 6.29 Å². The Balaban J connectivity index is 2.01. The second-order valence-corrected chi connectivity index (χ2v) is 3.25. The van der Waals surface area contributed by atoms with Crippen molar-refractivity contribution in [2.24, 2.45) is 5.92 Å². The minimum atomic E-state index is -0.369. The highest BCUT2D eigenvalue weighted by molar-refractivity contribution is 5.54. The van der Waals surface area contributed by atoms with E-state index in [2.05, 4.69) is 0 Å². The molecule has 0 aromatic carbocycles. The van der Waals surface area contributed by atoms with Gasteiger partial charge < -0.3 is 14.3 Å². The standard InChI is InChI=1S/C8H12O3/c9-6-7-1-2-8(5-7)10-3-4-11-8/h6-7H,1-5H2/t7-/m0/s1. The normalized spacial score (nSPS) is 34.7. The van der Waals surface area contributed by atoms with Gasteiger partial charge in [-0.1, -0.05) is 0 Å². The van der Waals surface area contributed by atoms with Gasteiger partial charge in [0.25, 0.3) is 0 Å². The van der Waals surface area contributed by atoms with Gasteiger partial charge in [0.2, 0.25) is 0 Å².